The lowest BCUT2D eigenvalue weighted by Crippen LogP contribution is -2.41. The first-order valence-corrected chi connectivity index (χ1v) is 8.38. The predicted molar refractivity (Wildman–Crippen MR) is 90.8 cm³/mol. The lowest BCUT2D eigenvalue weighted by atomic mass is 10.0. The zero-order valence-electron chi connectivity index (χ0n) is 14.8. The monoisotopic (exact) mass is 314 g/mol. The van der Waals surface area contributed by atoms with Crippen molar-refractivity contribution < 1.29 is 19.7 Å². The molecular formula is C18H34O4. The standard InChI is InChI=1S/C16H28O4.C2H6/c1-5-14-10-13(18)11-15(19-14)20-16(3,4)9-7-6-8-12(2)17;1-2/h6,8,13-15,17-18H,2,5,7,9-11H2,1,3-4H3;1-2H3/b8-6+;. The molecule has 0 bridgehead atoms. The Labute approximate surface area is 135 Å². The van der Waals surface area contributed by atoms with E-state index in [-0.39, 0.29) is 29.9 Å². The summed E-state index contributed by atoms with van der Waals surface area (Å²) in [5.74, 6) is 0.0632. The molecule has 0 radical (unpaired) electrons. The molecule has 0 aliphatic carbocycles. The summed E-state index contributed by atoms with van der Waals surface area (Å²) in [5.41, 5.74) is -0.332. The zero-order chi connectivity index (χ0) is 17.2. The van der Waals surface area contributed by atoms with Crippen LogP contribution in [0.15, 0.2) is 24.5 Å². The highest BCUT2D eigenvalue weighted by Gasteiger charge is 2.32. The molecular weight excluding hydrogens is 280 g/mol. The number of hydrogen-bond acceptors (Lipinski definition) is 4. The molecule has 0 spiro atoms. The van der Waals surface area contributed by atoms with Gasteiger partial charge in [0.25, 0.3) is 0 Å². The van der Waals surface area contributed by atoms with E-state index in [0.29, 0.717) is 12.8 Å². The Hall–Kier alpha value is -0.840. The fraction of sp³-hybridized carbons (Fsp3) is 0.778. The van der Waals surface area contributed by atoms with E-state index >= 15 is 0 Å². The molecule has 2 N–H and O–H groups in total. The van der Waals surface area contributed by atoms with Crippen LogP contribution >= 0.6 is 0 Å². The average molecular weight is 314 g/mol. The van der Waals surface area contributed by atoms with Crippen molar-refractivity contribution in [3.05, 3.63) is 24.5 Å². The van der Waals surface area contributed by atoms with E-state index in [1.54, 1.807) is 6.08 Å². The van der Waals surface area contributed by atoms with Gasteiger partial charge >= 0.3 is 0 Å². The molecule has 22 heavy (non-hydrogen) atoms. The van der Waals surface area contributed by atoms with Crippen molar-refractivity contribution in [3.8, 4) is 0 Å². The van der Waals surface area contributed by atoms with E-state index in [0.717, 1.165) is 19.3 Å². The van der Waals surface area contributed by atoms with E-state index in [4.69, 9.17) is 14.6 Å². The lowest BCUT2D eigenvalue weighted by molar-refractivity contribution is -0.254. The van der Waals surface area contributed by atoms with E-state index in [2.05, 4.69) is 13.5 Å². The maximum atomic E-state index is 9.84. The maximum Gasteiger partial charge on any atom is 0.161 e. The van der Waals surface area contributed by atoms with Gasteiger partial charge in [0.2, 0.25) is 0 Å². The summed E-state index contributed by atoms with van der Waals surface area (Å²) in [6, 6.07) is 0. The van der Waals surface area contributed by atoms with Crippen LogP contribution in [0.2, 0.25) is 0 Å². The van der Waals surface area contributed by atoms with Gasteiger partial charge in [0.05, 0.1) is 17.8 Å². The van der Waals surface area contributed by atoms with Crippen molar-refractivity contribution in [2.24, 2.45) is 0 Å². The Morgan fingerprint density at radius 3 is 2.55 bits per heavy atom. The fourth-order valence-corrected chi connectivity index (χ4v) is 2.35. The Balaban J connectivity index is 0.00000211. The second-order valence-corrected chi connectivity index (χ2v) is 6.03. The Morgan fingerprint density at radius 1 is 1.36 bits per heavy atom. The summed E-state index contributed by atoms with van der Waals surface area (Å²) < 4.78 is 11.8. The third kappa shape index (κ3) is 9.23. The summed E-state index contributed by atoms with van der Waals surface area (Å²) in [6.07, 6.45) is 6.57. The van der Waals surface area contributed by atoms with Gasteiger partial charge < -0.3 is 19.7 Å². The smallest absolute Gasteiger partial charge is 0.161 e. The van der Waals surface area contributed by atoms with Gasteiger partial charge in [-0.3, -0.25) is 0 Å². The second-order valence-electron chi connectivity index (χ2n) is 6.03. The van der Waals surface area contributed by atoms with Crippen LogP contribution in [0, 0.1) is 0 Å². The quantitative estimate of drug-likeness (QED) is 0.537. The number of aliphatic hydroxyl groups is 2. The van der Waals surface area contributed by atoms with Crippen LogP contribution in [0.5, 0.6) is 0 Å². The second kappa shape index (κ2) is 10.8. The molecule has 0 amide bonds. The van der Waals surface area contributed by atoms with Gasteiger partial charge in [0, 0.05) is 6.42 Å². The van der Waals surface area contributed by atoms with Crippen molar-refractivity contribution in [1.82, 2.24) is 0 Å². The first-order chi connectivity index (χ1) is 10.3. The summed E-state index contributed by atoms with van der Waals surface area (Å²) in [5, 5.41) is 18.8. The molecule has 0 saturated carbocycles. The molecule has 130 valence electrons. The van der Waals surface area contributed by atoms with Crippen molar-refractivity contribution in [2.75, 3.05) is 0 Å². The number of hydrogen-bond donors (Lipinski definition) is 2. The zero-order valence-corrected chi connectivity index (χ0v) is 14.8. The first-order valence-electron chi connectivity index (χ1n) is 8.38. The SMILES string of the molecule is C=C(O)/C=C/CCC(C)(C)OC1CC(O)CC(CC)O1.CC. The molecule has 4 nitrogen and oxygen atoms in total. The van der Waals surface area contributed by atoms with Crippen LogP contribution in [0.3, 0.4) is 0 Å². The van der Waals surface area contributed by atoms with Crippen LogP contribution in [0.25, 0.3) is 0 Å². The van der Waals surface area contributed by atoms with Crippen LogP contribution in [0.1, 0.15) is 66.7 Å². The normalized spacial score (nSPS) is 25.6. The van der Waals surface area contributed by atoms with Crippen LogP contribution in [0.4, 0.5) is 0 Å². The Morgan fingerprint density at radius 2 is 2.00 bits per heavy atom. The predicted octanol–water partition coefficient (Wildman–Crippen LogP) is 4.49. The van der Waals surface area contributed by atoms with Crippen LogP contribution in [-0.2, 0) is 9.47 Å². The number of rotatable bonds is 7. The van der Waals surface area contributed by atoms with E-state index in [1.165, 1.54) is 0 Å². The highest BCUT2D eigenvalue weighted by molar-refractivity contribution is 5.05. The van der Waals surface area contributed by atoms with Gasteiger partial charge in [-0.15, -0.1) is 0 Å². The highest BCUT2D eigenvalue weighted by Crippen LogP contribution is 2.28. The van der Waals surface area contributed by atoms with E-state index in [9.17, 15) is 5.11 Å². The molecule has 0 aromatic carbocycles. The topological polar surface area (TPSA) is 58.9 Å². The molecule has 0 aromatic rings. The minimum absolute atomic E-state index is 0.0632. The van der Waals surface area contributed by atoms with Crippen LogP contribution in [-0.4, -0.2) is 34.3 Å². The Kier molecular flexibility index (Phi) is 10.4. The third-order valence-electron chi connectivity index (χ3n) is 3.47. The van der Waals surface area contributed by atoms with Gasteiger partial charge in [-0.05, 0) is 45.6 Å². The summed E-state index contributed by atoms with van der Waals surface area (Å²) in [4.78, 5) is 0. The van der Waals surface area contributed by atoms with Gasteiger partial charge in [-0.2, -0.15) is 0 Å². The van der Waals surface area contributed by atoms with Crippen LogP contribution < -0.4 is 0 Å². The molecule has 1 saturated heterocycles. The van der Waals surface area contributed by atoms with E-state index in [1.807, 2.05) is 33.8 Å². The molecule has 1 aliphatic rings. The lowest BCUT2D eigenvalue weighted by Gasteiger charge is -2.37. The molecule has 1 aliphatic heterocycles. The van der Waals surface area contributed by atoms with Crippen molar-refractivity contribution in [3.63, 3.8) is 0 Å². The largest absolute Gasteiger partial charge is 0.509 e. The molecule has 3 unspecified atom stereocenters. The molecule has 1 heterocycles. The number of ether oxygens (including phenoxy) is 2. The molecule has 1 rings (SSSR count). The molecule has 3 atom stereocenters. The molecule has 0 aromatic heterocycles. The number of aliphatic hydroxyl groups excluding tert-OH is 2. The first kappa shape index (κ1) is 21.2. The highest BCUT2D eigenvalue weighted by atomic mass is 16.7. The third-order valence-corrected chi connectivity index (χ3v) is 3.47. The fourth-order valence-electron chi connectivity index (χ4n) is 2.35. The van der Waals surface area contributed by atoms with Crippen molar-refractivity contribution >= 4 is 0 Å². The van der Waals surface area contributed by atoms with Crippen molar-refractivity contribution in [1.29, 1.82) is 0 Å². The number of allylic oxidation sites excluding steroid dienone is 2. The van der Waals surface area contributed by atoms with Gasteiger partial charge in [-0.1, -0.05) is 33.4 Å². The van der Waals surface area contributed by atoms with Gasteiger partial charge in [0.15, 0.2) is 6.29 Å². The summed E-state index contributed by atoms with van der Waals surface area (Å²) in [7, 11) is 0. The minimum atomic E-state index is -0.341. The van der Waals surface area contributed by atoms with Gasteiger partial charge in [0.1, 0.15) is 5.76 Å². The molecule has 1 fully saturated rings. The van der Waals surface area contributed by atoms with Crippen molar-refractivity contribution in [2.45, 2.75) is 90.8 Å². The summed E-state index contributed by atoms with van der Waals surface area (Å²) in [6.45, 7) is 13.5. The van der Waals surface area contributed by atoms with Gasteiger partial charge in [-0.25, -0.2) is 0 Å². The van der Waals surface area contributed by atoms with E-state index < -0.39 is 0 Å². The Bertz CT molecular complexity index is 336. The molecule has 4 heteroatoms. The summed E-state index contributed by atoms with van der Waals surface area (Å²) >= 11 is 0. The maximum absolute atomic E-state index is 9.84. The minimum Gasteiger partial charge on any atom is -0.509 e. The average Bonchev–Trinajstić information content (AvgIpc) is 2.44.